The molecule has 1 aliphatic heterocycles. The van der Waals surface area contributed by atoms with E-state index in [1.807, 2.05) is 23.1 Å². The first-order valence-electron chi connectivity index (χ1n) is 9.59. The fourth-order valence-electron chi connectivity index (χ4n) is 3.83. The van der Waals surface area contributed by atoms with E-state index in [4.69, 9.17) is 5.73 Å². The van der Waals surface area contributed by atoms with Gasteiger partial charge < -0.3 is 16.0 Å². The highest BCUT2D eigenvalue weighted by atomic mass is 127. The van der Waals surface area contributed by atoms with Gasteiger partial charge in [0.1, 0.15) is 0 Å². The fourth-order valence-corrected chi connectivity index (χ4v) is 3.83. The van der Waals surface area contributed by atoms with Crippen LogP contribution < -0.4 is 11.1 Å². The van der Waals surface area contributed by atoms with Gasteiger partial charge in [-0.3, -0.25) is 9.79 Å². The Morgan fingerprint density at radius 2 is 1.92 bits per heavy atom. The molecular formula is C20H31IN4O. The predicted octanol–water partition coefficient (Wildman–Crippen LogP) is 2.93. The van der Waals surface area contributed by atoms with Crippen LogP contribution in [0.2, 0.25) is 0 Å². The van der Waals surface area contributed by atoms with E-state index in [0.29, 0.717) is 25.0 Å². The number of rotatable bonds is 6. The Kier molecular flexibility index (Phi) is 8.68. The number of nitrogens with two attached hydrogens (primary N) is 1. The smallest absolute Gasteiger partial charge is 0.223 e. The van der Waals surface area contributed by atoms with Crippen molar-refractivity contribution in [3.8, 4) is 0 Å². The van der Waals surface area contributed by atoms with Crippen molar-refractivity contribution in [3.63, 3.8) is 0 Å². The number of hydrogen-bond acceptors (Lipinski definition) is 2. The van der Waals surface area contributed by atoms with E-state index in [9.17, 15) is 4.79 Å². The third kappa shape index (κ3) is 6.45. The number of benzene rings is 1. The standard InChI is InChI=1S/C20H30N4O.HI/c21-20(23-18-9-5-2-6-10-18)22-14-17-13-19(25)24(15-17)12-11-16-7-3-1-4-8-16;/h1,3-4,7-8,17-18H,2,5-6,9-15H2,(H3,21,22,23);1H. The van der Waals surface area contributed by atoms with E-state index >= 15 is 0 Å². The zero-order valence-corrected chi connectivity index (χ0v) is 17.7. The molecule has 5 nitrogen and oxygen atoms in total. The maximum absolute atomic E-state index is 12.2. The average Bonchev–Trinajstić information content (AvgIpc) is 3.00. The number of amides is 1. The Bertz CT molecular complexity index is 587. The Hall–Kier alpha value is -1.31. The lowest BCUT2D eigenvalue weighted by Crippen LogP contribution is -2.41. The Morgan fingerprint density at radius 3 is 2.65 bits per heavy atom. The van der Waals surface area contributed by atoms with E-state index in [0.717, 1.165) is 19.5 Å². The number of carbonyl (C=O) groups is 1. The van der Waals surface area contributed by atoms with Crippen LogP contribution in [0.15, 0.2) is 35.3 Å². The summed E-state index contributed by atoms with van der Waals surface area (Å²) < 4.78 is 0. The normalized spacial score (nSPS) is 21.5. The summed E-state index contributed by atoms with van der Waals surface area (Å²) in [4.78, 5) is 18.7. The lowest BCUT2D eigenvalue weighted by molar-refractivity contribution is -0.127. The molecule has 0 aromatic heterocycles. The van der Waals surface area contributed by atoms with Gasteiger partial charge >= 0.3 is 0 Å². The van der Waals surface area contributed by atoms with Gasteiger partial charge in [-0.05, 0) is 24.8 Å². The molecule has 26 heavy (non-hydrogen) atoms. The molecular weight excluding hydrogens is 439 g/mol. The summed E-state index contributed by atoms with van der Waals surface area (Å²) in [5.41, 5.74) is 7.30. The quantitative estimate of drug-likeness (QED) is 0.382. The van der Waals surface area contributed by atoms with Gasteiger partial charge in [0.2, 0.25) is 5.91 Å². The lowest BCUT2D eigenvalue weighted by atomic mass is 9.96. The maximum atomic E-state index is 12.2. The molecule has 1 aromatic rings. The highest BCUT2D eigenvalue weighted by molar-refractivity contribution is 14.0. The minimum Gasteiger partial charge on any atom is -0.370 e. The van der Waals surface area contributed by atoms with Gasteiger partial charge in [0, 0.05) is 38.0 Å². The molecule has 3 rings (SSSR count). The number of guanidine groups is 1. The lowest BCUT2D eigenvalue weighted by Gasteiger charge is -2.23. The first kappa shape index (κ1) is 21.0. The second-order valence-electron chi connectivity index (χ2n) is 7.35. The number of nitrogens with one attached hydrogen (secondary N) is 1. The van der Waals surface area contributed by atoms with Crippen LogP contribution in [0.5, 0.6) is 0 Å². The SMILES string of the molecule is I.NC(=NCC1CC(=O)N(CCc2ccccc2)C1)NC1CCCCC1. The summed E-state index contributed by atoms with van der Waals surface area (Å²) in [6.45, 7) is 2.23. The molecule has 1 amide bonds. The number of likely N-dealkylation sites (tertiary alicyclic amines) is 1. The van der Waals surface area contributed by atoms with E-state index in [1.165, 1.54) is 37.7 Å². The predicted molar refractivity (Wildman–Crippen MR) is 117 cm³/mol. The van der Waals surface area contributed by atoms with Crippen molar-refractivity contribution in [3.05, 3.63) is 35.9 Å². The molecule has 0 radical (unpaired) electrons. The van der Waals surface area contributed by atoms with Crippen molar-refractivity contribution in [2.75, 3.05) is 19.6 Å². The summed E-state index contributed by atoms with van der Waals surface area (Å²) in [7, 11) is 0. The van der Waals surface area contributed by atoms with Crippen molar-refractivity contribution >= 4 is 35.8 Å². The number of carbonyl (C=O) groups excluding carboxylic acids is 1. The first-order valence-corrected chi connectivity index (χ1v) is 9.59. The van der Waals surface area contributed by atoms with Crippen molar-refractivity contribution in [1.82, 2.24) is 10.2 Å². The molecule has 1 heterocycles. The van der Waals surface area contributed by atoms with Gasteiger partial charge in [-0.1, -0.05) is 49.6 Å². The van der Waals surface area contributed by atoms with E-state index < -0.39 is 0 Å². The fraction of sp³-hybridized carbons (Fsp3) is 0.600. The highest BCUT2D eigenvalue weighted by Crippen LogP contribution is 2.19. The second kappa shape index (κ2) is 10.7. The Labute approximate surface area is 173 Å². The van der Waals surface area contributed by atoms with Crippen LogP contribution in [-0.2, 0) is 11.2 Å². The van der Waals surface area contributed by atoms with E-state index in [1.54, 1.807) is 0 Å². The maximum Gasteiger partial charge on any atom is 0.223 e. The summed E-state index contributed by atoms with van der Waals surface area (Å²) in [6, 6.07) is 10.8. The molecule has 6 heteroatoms. The molecule has 3 N–H and O–H groups in total. The average molecular weight is 470 g/mol. The van der Waals surface area contributed by atoms with Gasteiger partial charge in [-0.25, -0.2) is 0 Å². The highest BCUT2D eigenvalue weighted by Gasteiger charge is 2.29. The van der Waals surface area contributed by atoms with Crippen LogP contribution >= 0.6 is 24.0 Å². The minimum atomic E-state index is 0. The van der Waals surface area contributed by atoms with Crippen molar-refractivity contribution in [2.24, 2.45) is 16.6 Å². The van der Waals surface area contributed by atoms with Gasteiger partial charge in [0.25, 0.3) is 0 Å². The van der Waals surface area contributed by atoms with Crippen LogP contribution in [0.25, 0.3) is 0 Å². The molecule has 1 unspecified atom stereocenters. The zero-order chi connectivity index (χ0) is 17.5. The van der Waals surface area contributed by atoms with Crippen LogP contribution in [0.4, 0.5) is 0 Å². The molecule has 144 valence electrons. The largest absolute Gasteiger partial charge is 0.370 e. The summed E-state index contributed by atoms with van der Waals surface area (Å²) in [6.07, 6.45) is 7.76. The van der Waals surface area contributed by atoms with Gasteiger partial charge in [0.15, 0.2) is 5.96 Å². The molecule has 0 spiro atoms. The number of aliphatic imine (C=N–C) groups is 1. The molecule has 1 atom stereocenters. The van der Waals surface area contributed by atoms with E-state index in [-0.39, 0.29) is 35.8 Å². The van der Waals surface area contributed by atoms with Gasteiger partial charge in [-0.15, -0.1) is 24.0 Å². The number of nitrogens with zero attached hydrogens (tertiary/aromatic N) is 2. The third-order valence-corrected chi connectivity index (χ3v) is 5.28. The number of hydrogen-bond donors (Lipinski definition) is 2. The molecule has 1 aliphatic carbocycles. The Balaban J connectivity index is 0.00000243. The molecule has 1 saturated carbocycles. The summed E-state index contributed by atoms with van der Waals surface area (Å²) >= 11 is 0. The van der Waals surface area contributed by atoms with Gasteiger partial charge in [-0.2, -0.15) is 0 Å². The first-order chi connectivity index (χ1) is 12.2. The molecule has 1 aromatic carbocycles. The summed E-state index contributed by atoms with van der Waals surface area (Å²) in [5.74, 6) is 1.08. The molecule has 2 aliphatic rings. The van der Waals surface area contributed by atoms with Crippen LogP contribution in [0.3, 0.4) is 0 Å². The molecule has 2 fully saturated rings. The van der Waals surface area contributed by atoms with Crippen molar-refractivity contribution in [2.45, 2.75) is 51.0 Å². The minimum absolute atomic E-state index is 0. The zero-order valence-electron chi connectivity index (χ0n) is 15.4. The van der Waals surface area contributed by atoms with Crippen molar-refractivity contribution in [1.29, 1.82) is 0 Å². The van der Waals surface area contributed by atoms with Crippen molar-refractivity contribution < 1.29 is 4.79 Å². The second-order valence-corrected chi connectivity index (χ2v) is 7.35. The topological polar surface area (TPSA) is 70.7 Å². The van der Waals surface area contributed by atoms with E-state index in [2.05, 4.69) is 22.4 Å². The monoisotopic (exact) mass is 470 g/mol. The van der Waals surface area contributed by atoms with Crippen LogP contribution in [0, 0.1) is 5.92 Å². The number of halogens is 1. The molecule has 1 saturated heterocycles. The third-order valence-electron chi connectivity index (χ3n) is 5.28. The van der Waals surface area contributed by atoms with Gasteiger partial charge in [0.05, 0.1) is 0 Å². The Morgan fingerprint density at radius 1 is 1.19 bits per heavy atom. The summed E-state index contributed by atoms with van der Waals surface area (Å²) in [5, 5.41) is 3.34. The van der Waals surface area contributed by atoms with Crippen LogP contribution in [-0.4, -0.2) is 42.4 Å². The molecule has 0 bridgehead atoms. The van der Waals surface area contributed by atoms with Crippen LogP contribution in [0.1, 0.15) is 44.1 Å².